The van der Waals surface area contributed by atoms with Crippen LogP contribution in [0.1, 0.15) is 6.42 Å². The number of halogens is 2. The molecule has 0 aliphatic heterocycles. The number of thioether (sulfide) groups is 2. The molecule has 0 spiro atoms. The van der Waals surface area contributed by atoms with Crippen molar-refractivity contribution in [2.45, 2.75) is 21.4 Å². The molecule has 2 rings (SSSR count). The third-order valence-corrected chi connectivity index (χ3v) is 5.01. The molecule has 0 aliphatic rings. The zero-order valence-electron chi connectivity index (χ0n) is 11.2. The van der Waals surface area contributed by atoms with Gasteiger partial charge in [-0.3, -0.25) is 4.79 Å². The predicted molar refractivity (Wildman–Crippen MR) is 86.0 cm³/mol. The summed E-state index contributed by atoms with van der Waals surface area (Å²) in [4.78, 5) is 11.1. The SMILES string of the molecule is NC(=O)CCSc1nnc(Nc2ccc(SC(F)F)cc2)s1. The lowest BCUT2D eigenvalue weighted by atomic mass is 10.3. The van der Waals surface area contributed by atoms with E-state index in [1.165, 1.54) is 23.1 Å². The maximum atomic E-state index is 12.2. The highest BCUT2D eigenvalue weighted by atomic mass is 32.2. The summed E-state index contributed by atoms with van der Waals surface area (Å²) in [6.45, 7) is 0. The number of carbonyl (C=O) groups is 1. The fourth-order valence-corrected chi connectivity index (χ4v) is 3.70. The highest BCUT2D eigenvalue weighted by Crippen LogP contribution is 2.30. The van der Waals surface area contributed by atoms with Gasteiger partial charge in [-0.05, 0) is 24.3 Å². The third kappa shape index (κ3) is 5.78. The second-order valence-electron chi connectivity index (χ2n) is 3.97. The van der Waals surface area contributed by atoms with E-state index >= 15 is 0 Å². The van der Waals surface area contributed by atoms with Crippen molar-refractivity contribution in [2.75, 3.05) is 11.1 Å². The average molecular weight is 362 g/mol. The van der Waals surface area contributed by atoms with E-state index in [0.717, 1.165) is 10.0 Å². The van der Waals surface area contributed by atoms with Crippen LogP contribution in [0, 0.1) is 0 Å². The first-order chi connectivity index (χ1) is 10.5. The number of rotatable bonds is 8. The molecule has 1 aromatic carbocycles. The summed E-state index contributed by atoms with van der Waals surface area (Å²) in [5, 5.41) is 11.6. The van der Waals surface area contributed by atoms with Gasteiger partial charge in [-0.15, -0.1) is 10.2 Å². The standard InChI is InChI=1S/C12H12F2N4OS3/c13-10(14)21-8-3-1-7(2-4-8)16-11-17-18-12(22-11)20-6-5-9(15)19/h1-4,10H,5-6H2,(H2,15,19)(H,16,17). The molecule has 0 atom stereocenters. The van der Waals surface area contributed by atoms with Gasteiger partial charge < -0.3 is 11.1 Å². The van der Waals surface area contributed by atoms with E-state index in [9.17, 15) is 13.6 Å². The first kappa shape index (κ1) is 17.0. The second kappa shape index (κ2) is 8.30. The minimum Gasteiger partial charge on any atom is -0.370 e. The molecule has 118 valence electrons. The van der Waals surface area contributed by atoms with Crippen molar-refractivity contribution in [3.05, 3.63) is 24.3 Å². The van der Waals surface area contributed by atoms with E-state index in [0.29, 0.717) is 27.5 Å². The summed E-state index contributed by atoms with van der Waals surface area (Å²) >= 11 is 3.25. The second-order valence-corrected chi connectivity index (χ2v) is 7.35. The van der Waals surface area contributed by atoms with Crippen molar-refractivity contribution in [3.8, 4) is 0 Å². The average Bonchev–Trinajstić information content (AvgIpc) is 2.87. The highest BCUT2D eigenvalue weighted by molar-refractivity contribution is 8.01. The lowest BCUT2D eigenvalue weighted by Gasteiger charge is -2.03. The van der Waals surface area contributed by atoms with Crippen molar-refractivity contribution in [1.82, 2.24) is 10.2 Å². The van der Waals surface area contributed by atoms with Crippen LogP contribution in [0.5, 0.6) is 0 Å². The molecule has 0 bridgehead atoms. The van der Waals surface area contributed by atoms with Gasteiger partial charge in [0.1, 0.15) is 0 Å². The fourth-order valence-electron chi connectivity index (χ4n) is 1.40. The van der Waals surface area contributed by atoms with E-state index in [-0.39, 0.29) is 12.3 Å². The summed E-state index contributed by atoms with van der Waals surface area (Å²) in [5.41, 5.74) is 5.80. The van der Waals surface area contributed by atoms with Gasteiger partial charge >= 0.3 is 0 Å². The van der Waals surface area contributed by atoms with Crippen molar-refractivity contribution < 1.29 is 13.6 Å². The zero-order valence-corrected chi connectivity index (χ0v) is 13.6. The minimum atomic E-state index is -2.43. The Bertz CT molecular complexity index is 621. The Morgan fingerprint density at radius 3 is 2.68 bits per heavy atom. The smallest absolute Gasteiger partial charge is 0.288 e. The van der Waals surface area contributed by atoms with Gasteiger partial charge in [0.15, 0.2) is 4.34 Å². The van der Waals surface area contributed by atoms with E-state index in [1.54, 1.807) is 24.3 Å². The van der Waals surface area contributed by atoms with Crippen LogP contribution in [-0.4, -0.2) is 27.6 Å². The van der Waals surface area contributed by atoms with Crippen LogP contribution in [0.25, 0.3) is 0 Å². The van der Waals surface area contributed by atoms with Gasteiger partial charge in [0, 0.05) is 22.8 Å². The lowest BCUT2D eigenvalue weighted by Crippen LogP contribution is -2.10. The number of hydrogen-bond acceptors (Lipinski definition) is 7. The summed E-state index contributed by atoms with van der Waals surface area (Å²) in [5.74, 6) is -2.22. The fraction of sp³-hybridized carbons (Fsp3) is 0.250. The number of carbonyl (C=O) groups excluding carboxylic acids is 1. The van der Waals surface area contributed by atoms with Crippen molar-refractivity contribution in [2.24, 2.45) is 5.73 Å². The topological polar surface area (TPSA) is 80.9 Å². The Labute approximate surface area is 138 Å². The third-order valence-electron chi connectivity index (χ3n) is 2.31. The monoisotopic (exact) mass is 362 g/mol. The summed E-state index contributed by atoms with van der Waals surface area (Å²) in [7, 11) is 0. The number of anilines is 2. The largest absolute Gasteiger partial charge is 0.370 e. The van der Waals surface area contributed by atoms with Crippen molar-refractivity contribution >= 4 is 51.6 Å². The van der Waals surface area contributed by atoms with E-state index in [1.807, 2.05) is 0 Å². The van der Waals surface area contributed by atoms with E-state index in [2.05, 4.69) is 15.5 Å². The quantitative estimate of drug-likeness (QED) is 0.699. The number of aromatic nitrogens is 2. The van der Waals surface area contributed by atoms with Crippen LogP contribution in [0.2, 0.25) is 0 Å². The van der Waals surface area contributed by atoms with Crippen LogP contribution in [0.4, 0.5) is 19.6 Å². The molecule has 1 amide bonds. The number of amides is 1. The Kier molecular flexibility index (Phi) is 6.40. The number of nitrogens with two attached hydrogens (primary N) is 1. The van der Waals surface area contributed by atoms with E-state index in [4.69, 9.17) is 5.73 Å². The van der Waals surface area contributed by atoms with Gasteiger partial charge in [0.2, 0.25) is 11.0 Å². The molecule has 0 fully saturated rings. The zero-order chi connectivity index (χ0) is 15.9. The van der Waals surface area contributed by atoms with Gasteiger partial charge in [-0.2, -0.15) is 8.78 Å². The summed E-state index contributed by atoms with van der Waals surface area (Å²) < 4.78 is 25.2. The van der Waals surface area contributed by atoms with Crippen LogP contribution in [-0.2, 0) is 4.79 Å². The van der Waals surface area contributed by atoms with Crippen molar-refractivity contribution in [1.29, 1.82) is 0 Å². The number of nitrogens with zero attached hydrogens (tertiary/aromatic N) is 2. The Balaban J connectivity index is 1.88. The maximum absolute atomic E-state index is 12.2. The molecule has 1 heterocycles. The Hall–Kier alpha value is -1.39. The predicted octanol–water partition coefficient (Wildman–Crippen LogP) is 3.56. The molecule has 22 heavy (non-hydrogen) atoms. The molecule has 5 nitrogen and oxygen atoms in total. The normalized spacial score (nSPS) is 10.9. The molecule has 2 aromatic rings. The minimum absolute atomic E-state index is 0.288. The first-order valence-corrected chi connectivity index (χ1v) is 8.77. The highest BCUT2D eigenvalue weighted by Gasteiger charge is 2.07. The number of hydrogen-bond donors (Lipinski definition) is 2. The van der Waals surface area contributed by atoms with Crippen LogP contribution in [0.15, 0.2) is 33.5 Å². The lowest BCUT2D eigenvalue weighted by molar-refractivity contribution is -0.117. The Morgan fingerprint density at radius 1 is 1.32 bits per heavy atom. The summed E-state index contributed by atoms with van der Waals surface area (Å²) in [6.07, 6.45) is 0.288. The van der Waals surface area contributed by atoms with Gasteiger partial charge in [0.05, 0.1) is 0 Å². The summed E-state index contributed by atoms with van der Waals surface area (Å²) in [6, 6.07) is 6.63. The molecular weight excluding hydrogens is 350 g/mol. The van der Waals surface area contributed by atoms with Gasteiger partial charge in [-0.25, -0.2) is 0 Å². The van der Waals surface area contributed by atoms with Crippen LogP contribution in [0.3, 0.4) is 0 Å². The molecule has 1 aromatic heterocycles. The molecule has 0 aliphatic carbocycles. The molecule has 3 N–H and O–H groups in total. The molecule has 0 unspecified atom stereocenters. The molecular formula is C12H12F2N4OS3. The number of primary amides is 1. The van der Waals surface area contributed by atoms with E-state index < -0.39 is 5.76 Å². The number of nitrogens with one attached hydrogen (secondary N) is 1. The molecule has 0 saturated heterocycles. The van der Waals surface area contributed by atoms with Crippen LogP contribution >= 0.6 is 34.9 Å². The molecule has 0 saturated carbocycles. The molecule has 0 radical (unpaired) electrons. The Morgan fingerprint density at radius 2 is 2.05 bits per heavy atom. The van der Waals surface area contributed by atoms with Crippen molar-refractivity contribution in [3.63, 3.8) is 0 Å². The first-order valence-electron chi connectivity index (χ1n) is 6.09. The maximum Gasteiger partial charge on any atom is 0.288 e. The number of alkyl halides is 2. The van der Waals surface area contributed by atoms with Gasteiger partial charge in [0.25, 0.3) is 5.76 Å². The number of benzene rings is 1. The van der Waals surface area contributed by atoms with Gasteiger partial charge in [-0.1, -0.05) is 34.9 Å². The van der Waals surface area contributed by atoms with Crippen LogP contribution < -0.4 is 11.1 Å². The molecule has 10 heteroatoms.